The minimum absolute atomic E-state index is 0.275. The Balaban J connectivity index is 1.98. The van der Waals surface area contributed by atoms with Crippen LogP contribution in [0.1, 0.15) is 41.6 Å². The molecule has 0 unspecified atom stereocenters. The normalized spacial score (nSPS) is 14.5. The monoisotopic (exact) mass is 296 g/mol. The largest absolute Gasteiger partial charge is 0.494 e. The third kappa shape index (κ3) is 3.32. The highest BCUT2D eigenvalue weighted by atomic mass is 79.9. The van der Waals surface area contributed by atoms with Crippen LogP contribution in [0.15, 0.2) is 18.2 Å². The lowest BCUT2D eigenvalue weighted by atomic mass is 9.90. The van der Waals surface area contributed by atoms with Crippen LogP contribution in [-0.2, 0) is 6.42 Å². The average molecular weight is 297 g/mol. The maximum absolute atomic E-state index is 11.7. The Morgan fingerprint density at radius 1 is 1.24 bits per heavy atom. The summed E-state index contributed by atoms with van der Waals surface area (Å²) in [5.74, 6) is 1.17. The van der Waals surface area contributed by atoms with Crippen LogP contribution in [0.5, 0.6) is 5.75 Å². The summed E-state index contributed by atoms with van der Waals surface area (Å²) in [7, 11) is 0. The lowest BCUT2D eigenvalue weighted by Gasteiger charge is -2.15. The molecule has 0 aliphatic heterocycles. The summed E-state index contributed by atoms with van der Waals surface area (Å²) in [4.78, 5) is 11.7. The summed E-state index contributed by atoms with van der Waals surface area (Å²) in [6.07, 6.45) is 4.85. The molecule has 1 aliphatic rings. The zero-order chi connectivity index (χ0) is 12.1. The first-order valence-electron chi connectivity index (χ1n) is 6.16. The maximum Gasteiger partial charge on any atom is 0.163 e. The van der Waals surface area contributed by atoms with Crippen LogP contribution in [0, 0.1) is 0 Å². The molecule has 3 heteroatoms. The first-order chi connectivity index (χ1) is 8.31. The Bertz CT molecular complexity index is 401. The summed E-state index contributed by atoms with van der Waals surface area (Å²) in [5.41, 5.74) is 2.04. The number of alkyl halides is 1. The number of aryl methyl sites for hydroxylation is 1. The molecule has 0 spiro atoms. The smallest absolute Gasteiger partial charge is 0.163 e. The zero-order valence-electron chi connectivity index (χ0n) is 9.88. The van der Waals surface area contributed by atoms with Gasteiger partial charge in [-0.2, -0.15) is 0 Å². The van der Waals surface area contributed by atoms with Gasteiger partial charge >= 0.3 is 0 Å². The molecule has 0 saturated heterocycles. The van der Waals surface area contributed by atoms with Crippen molar-refractivity contribution < 1.29 is 9.53 Å². The van der Waals surface area contributed by atoms with Gasteiger partial charge in [-0.05, 0) is 49.4 Å². The molecule has 0 atom stereocenters. The third-order valence-corrected chi connectivity index (χ3v) is 3.58. The van der Waals surface area contributed by atoms with Crippen LogP contribution in [0.4, 0.5) is 0 Å². The van der Waals surface area contributed by atoms with Crippen molar-refractivity contribution in [3.8, 4) is 5.75 Å². The van der Waals surface area contributed by atoms with Crippen molar-refractivity contribution in [3.05, 3.63) is 29.3 Å². The zero-order valence-corrected chi connectivity index (χ0v) is 11.5. The van der Waals surface area contributed by atoms with E-state index in [-0.39, 0.29) is 5.78 Å². The average Bonchev–Trinajstić information content (AvgIpc) is 2.35. The van der Waals surface area contributed by atoms with Gasteiger partial charge < -0.3 is 4.74 Å². The molecule has 92 valence electrons. The molecule has 0 amide bonds. The SMILES string of the molecule is O=C1CCCc2cc(OCCCCBr)ccc21. The Morgan fingerprint density at radius 3 is 2.94 bits per heavy atom. The van der Waals surface area contributed by atoms with Crippen molar-refractivity contribution in [1.82, 2.24) is 0 Å². The summed E-state index contributed by atoms with van der Waals surface area (Å²) < 4.78 is 5.68. The number of hydrogen-bond donors (Lipinski definition) is 0. The highest BCUT2D eigenvalue weighted by Gasteiger charge is 2.17. The number of rotatable bonds is 5. The molecule has 0 fully saturated rings. The number of hydrogen-bond acceptors (Lipinski definition) is 2. The Kier molecular flexibility index (Phi) is 4.60. The van der Waals surface area contributed by atoms with Crippen molar-refractivity contribution in [2.75, 3.05) is 11.9 Å². The number of carbonyl (C=O) groups excluding carboxylic acids is 1. The highest BCUT2D eigenvalue weighted by molar-refractivity contribution is 9.09. The summed E-state index contributed by atoms with van der Waals surface area (Å²) in [6.45, 7) is 0.748. The van der Waals surface area contributed by atoms with E-state index in [0.29, 0.717) is 6.42 Å². The summed E-state index contributed by atoms with van der Waals surface area (Å²) in [6, 6.07) is 5.85. The quantitative estimate of drug-likeness (QED) is 0.611. The van der Waals surface area contributed by atoms with Gasteiger partial charge in [-0.25, -0.2) is 0 Å². The maximum atomic E-state index is 11.7. The van der Waals surface area contributed by atoms with Crippen molar-refractivity contribution in [2.45, 2.75) is 32.1 Å². The molecule has 2 rings (SSSR count). The van der Waals surface area contributed by atoms with E-state index in [0.717, 1.165) is 54.5 Å². The van der Waals surface area contributed by atoms with Gasteiger partial charge in [-0.3, -0.25) is 4.79 Å². The summed E-state index contributed by atoms with van der Waals surface area (Å²) in [5, 5.41) is 1.02. The van der Waals surface area contributed by atoms with Crippen molar-refractivity contribution in [1.29, 1.82) is 0 Å². The van der Waals surface area contributed by atoms with E-state index in [4.69, 9.17) is 4.74 Å². The molecule has 2 nitrogen and oxygen atoms in total. The molecule has 17 heavy (non-hydrogen) atoms. The van der Waals surface area contributed by atoms with Gasteiger partial charge in [0.15, 0.2) is 5.78 Å². The van der Waals surface area contributed by atoms with Crippen molar-refractivity contribution >= 4 is 21.7 Å². The molecule has 0 radical (unpaired) electrons. The molecule has 0 saturated carbocycles. The van der Waals surface area contributed by atoms with Crippen LogP contribution in [0.25, 0.3) is 0 Å². The standard InChI is InChI=1S/C14H17BrO2/c15-8-1-2-9-17-12-6-7-13-11(10-12)4-3-5-14(13)16/h6-7,10H,1-5,8-9H2. The number of ether oxygens (including phenoxy) is 1. The van der Waals surface area contributed by atoms with Crippen molar-refractivity contribution in [2.24, 2.45) is 0 Å². The van der Waals surface area contributed by atoms with Crippen LogP contribution >= 0.6 is 15.9 Å². The van der Waals surface area contributed by atoms with Crippen LogP contribution in [0.3, 0.4) is 0 Å². The Hall–Kier alpha value is -0.830. The molecule has 1 aromatic carbocycles. The fraction of sp³-hybridized carbons (Fsp3) is 0.500. The van der Waals surface area contributed by atoms with E-state index in [1.165, 1.54) is 0 Å². The van der Waals surface area contributed by atoms with Gasteiger partial charge in [0.2, 0.25) is 0 Å². The predicted molar refractivity (Wildman–Crippen MR) is 72.2 cm³/mol. The molecule has 0 aromatic heterocycles. The molecule has 0 N–H and O–H groups in total. The van der Waals surface area contributed by atoms with Crippen LogP contribution in [-0.4, -0.2) is 17.7 Å². The lowest BCUT2D eigenvalue weighted by molar-refractivity contribution is 0.0972. The minimum Gasteiger partial charge on any atom is -0.494 e. The number of carbonyl (C=O) groups is 1. The van der Waals surface area contributed by atoms with Gasteiger partial charge in [0.1, 0.15) is 5.75 Å². The van der Waals surface area contributed by atoms with Crippen LogP contribution in [0.2, 0.25) is 0 Å². The number of fused-ring (bicyclic) bond motifs is 1. The number of benzene rings is 1. The minimum atomic E-state index is 0.275. The van der Waals surface area contributed by atoms with Crippen molar-refractivity contribution in [3.63, 3.8) is 0 Å². The molecule has 0 heterocycles. The molecule has 1 aromatic rings. The second kappa shape index (κ2) is 6.20. The first-order valence-corrected chi connectivity index (χ1v) is 7.28. The number of Topliss-reactive ketones (excluding diaryl/α,β-unsaturated/α-hetero) is 1. The topological polar surface area (TPSA) is 26.3 Å². The molecule has 0 bridgehead atoms. The number of ketones is 1. The van der Waals surface area contributed by atoms with Gasteiger partial charge in [0.25, 0.3) is 0 Å². The fourth-order valence-corrected chi connectivity index (χ4v) is 2.50. The molecular weight excluding hydrogens is 280 g/mol. The van der Waals surface area contributed by atoms with E-state index in [1.807, 2.05) is 18.2 Å². The highest BCUT2D eigenvalue weighted by Crippen LogP contribution is 2.25. The predicted octanol–water partition coefficient (Wildman–Crippen LogP) is 3.76. The van der Waals surface area contributed by atoms with E-state index < -0.39 is 0 Å². The van der Waals surface area contributed by atoms with E-state index >= 15 is 0 Å². The number of halogens is 1. The first kappa shape index (κ1) is 12.6. The summed E-state index contributed by atoms with van der Waals surface area (Å²) >= 11 is 3.40. The lowest BCUT2D eigenvalue weighted by Crippen LogP contribution is -2.10. The van der Waals surface area contributed by atoms with Gasteiger partial charge in [-0.1, -0.05) is 15.9 Å². The number of unbranched alkanes of at least 4 members (excludes halogenated alkanes) is 1. The Morgan fingerprint density at radius 2 is 2.12 bits per heavy atom. The van der Waals surface area contributed by atoms with Gasteiger partial charge in [0, 0.05) is 17.3 Å². The molecular formula is C14H17BrO2. The fourth-order valence-electron chi connectivity index (χ4n) is 2.10. The molecule has 1 aliphatic carbocycles. The van der Waals surface area contributed by atoms with E-state index in [1.54, 1.807) is 0 Å². The second-order valence-corrected chi connectivity index (χ2v) is 5.13. The van der Waals surface area contributed by atoms with Gasteiger partial charge in [0.05, 0.1) is 6.61 Å². The van der Waals surface area contributed by atoms with E-state index in [2.05, 4.69) is 15.9 Å². The third-order valence-electron chi connectivity index (χ3n) is 3.02. The van der Waals surface area contributed by atoms with E-state index in [9.17, 15) is 4.79 Å². The van der Waals surface area contributed by atoms with Crippen LogP contribution < -0.4 is 4.74 Å². The van der Waals surface area contributed by atoms with Gasteiger partial charge in [-0.15, -0.1) is 0 Å². The second-order valence-electron chi connectivity index (χ2n) is 4.34. The Labute approximate surface area is 110 Å².